The van der Waals surface area contributed by atoms with Gasteiger partial charge in [-0.05, 0) is 40.0 Å². The Morgan fingerprint density at radius 3 is 2.70 bits per heavy atom. The van der Waals surface area contributed by atoms with Crippen LogP contribution in [0.3, 0.4) is 0 Å². The van der Waals surface area contributed by atoms with E-state index in [1.807, 2.05) is 0 Å². The van der Waals surface area contributed by atoms with Gasteiger partial charge in [0.05, 0.1) is 7.98 Å². The number of amides is 1. The molecule has 0 radical (unpaired) electrons. The topological polar surface area (TPSA) is 94.1 Å². The highest BCUT2D eigenvalue weighted by atomic mass is 16.7. The SMILES string of the molecule is [2H]C1(OC[C@H](NC(=O)OC(C)(C)C)C(=O)O)CCCCO1. The van der Waals surface area contributed by atoms with Gasteiger partial charge in [-0.1, -0.05) is 0 Å². The molecule has 0 saturated carbocycles. The van der Waals surface area contributed by atoms with Crippen molar-refractivity contribution in [3.63, 3.8) is 0 Å². The normalized spacial score (nSPS) is 25.4. The number of carboxylic acids is 1. The molecule has 1 fully saturated rings. The van der Waals surface area contributed by atoms with Crippen LogP contribution in [-0.4, -0.2) is 48.3 Å². The lowest BCUT2D eigenvalue weighted by Crippen LogP contribution is -2.46. The summed E-state index contributed by atoms with van der Waals surface area (Å²) in [5, 5.41) is 11.3. The molecule has 7 heteroatoms. The number of carbonyl (C=O) groups is 2. The molecule has 116 valence electrons. The van der Waals surface area contributed by atoms with Gasteiger partial charge in [0.1, 0.15) is 5.60 Å². The maximum absolute atomic E-state index is 11.6. The van der Waals surface area contributed by atoms with Gasteiger partial charge >= 0.3 is 12.1 Å². The van der Waals surface area contributed by atoms with Crippen LogP contribution in [0.15, 0.2) is 0 Å². The van der Waals surface area contributed by atoms with E-state index in [0.717, 1.165) is 12.8 Å². The van der Waals surface area contributed by atoms with Crippen LogP contribution in [-0.2, 0) is 19.0 Å². The van der Waals surface area contributed by atoms with Crippen molar-refractivity contribution in [2.75, 3.05) is 13.2 Å². The van der Waals surface area contributed by atoms with E-state index in [1.165, 1.54) is 0 Å². The second-order valence-corrected chi connectivity index (χ2v) is 5.53. The molecule has 1 aliphatic heterocycles. The second-order valence-electron chi connectivity index (χ2n) is 5.53. The summed E-state index contributed by atoms with van der Waals surface area (Å²) in [5.41, 5.74) is -0.725. The molecular weight excluding hydrogens is 266 g/mol. The molecule has 1 rings (SSSR count). The average Bonchev–Trinajstić information content (AvgIpc) is 2.32. The lowest BCUT2D eigenvalue weighted by atomic mass is 10.2. The molecule has 1 amide bonds. The van der Waals surface area contributed by atoms with Gasteiger partial charge in [-0.15, -0.1) is 0 Å². The summed E-state index contributed by atoms with van der Waals surface area (Å²) in [6.07, 6.45) is -0.390. The molecule has 20 heavy (non-hydrogen) atoms. The number of carboxylic acid groups (broad SMARTS) is 1. The van der Waals surface area contributed by atoms with E-state index in [2.05, 4.69) is 5.32 Å². The van der Waals surface area contributed by atoms with E-state index in [9.17, 15) is 9.59 Å². The Balaban J connectivity index is 2.50. The van der Waals surface area contributed by atoms with E-state index in [-0.39, 0.29) is 6.61 Å². The van der Waals surface area contributed by atoms with Gasteiger partial charge in [-0.3, -0.25) is 0 Å². The van der Waals surface area contributed by atoms with Crippen LogP contribution in [0.4, 0.5) is 4.79 Å². The highest BCUT2D eigenvalue weighted by molar-refractivity contribution is 5.80. The minimum absolute atomic E-state index is 0.363. The molecule has 7 nitrogen and oxygen atoms in total. The summed E-state index contributed by atoms with van der Waals surface area (Å²) < 4.78 is 23.3. The molecule has 1 unspecified atom stereocenters. The molecule has 0 aliphatic carbocycles. The molecule has 0 bridgehead atoms. The Morgan fingerprint density at radius 2 is 2.20 bits per heavy atom. The first-order valence-corrected chi connectivity index (χ1v) is 6.61. The molecule has 2 atom stereocenters. The summed E-state index contributed by atoms with van der Waals surface area (Å²) >= 11 is 0. The molecule has 0 aromatic heterocycles. The fourth-order valence-corrected chi connectivity index (χ4v) is 1.54. The number of hydrogen-bond acceptors (Lipinski definition) is 5. The zero-order chi connectivity index (χ0) is 16.1. The van der Waals surface area contributed by atoms with Crippen molar-refractivity contribution in [1.29, 1.82) is 0 Å². The fourth-order valence-electron chi connectivity index (χ4n) is 1.54. The van der Waals surface area contributed by atoms with Crippen molar-refractivity contribution < 1.29 is 30.3 Å². The molecule has 0 aromatic rings. The van der Waals surface area contributed by atoms with Crippen LogP contribution in [0, 0.1) is 0 Å². The standard InChI is InChI=1S/C13H23NO6/c1-13(2,3)20-12(17)14-9(11(15)16)8-19-10-6-4-5-7-18-10/h9-10H,4-8H2,1-3H3,(H,14,17)(H,15,16)/t9-,10?/m0/s1/i10D. The maximum atomic E-state index is 11.6. The zero-order valence-electron chi connectivity index (χ0n) is 13.1. The molecule has 2 N–H and O–H groups in total. The molecule has 1 heterocycles. The van der Waals surface area contributed by atoms with Gasteiger partial charge in [-0.2, -0.15) is 0 Å². The first-order valence-electron chi connectivity index (χ1n) is 7.11. The Hall–Kier alpha value is -1.34. The minimum atomic E-state index is -1.54. The van der Waals surface area contributed by atoms with Crippen molar-refractivity contribution in [1.82, 2.24) is 5.32 Å². The Bertz CT molecular complexity index is 375. The molecule has 1 saturated heterocycles. The van der Waals surface area contributed by atoms with Crippen molar-refractivity contribution in [3.05, 3.63) is 0 Å². The van der Waals surface area contributed by atoms with Gasteiger partial charge in [0.25, 0.3) is 0 Å². The monoisotopic (exact) mass is 290 g/mol. The van der Waals surface area contributed by atoms with Crippen LogP contribution in [0.1, 0.15) is 41.4 Å². The summed E-state index contributed by atoms with van der Waals surface area (Å²) in [4.78, 5) is 22.7. The minimum Gasteiger partial charge on any atom is -0.480 e. The number of hydrogen-bond donors (Lipinski definition) is 2. The summed E-state index contributed by atoms with van der Waals surface area (Å²) in [6, 6.07) is -1.30. The third-order valence-corrected chi connectivity index (χ3v) is 2.44. The Morgan fingerprint density at radius 1 is 1.50 bits per heavy atom. The van der Waals surface area contributed by atoms with E-state index >= 15 is 0 Å². The van der Waals surface area contributed by atoms with E-state index < -0.39 is 30.0 Å². The van der Waals surface area contributed by atoms with Crippen LogP contribution in [0.5, 0.6) is 0 Å². The van der Waals surface area contributed by atoms with Crippen LogP contribution in [0.2, 0.25) is 0 Å². The van der Waals surface area contributed by atoms with Crippen molar-refractivity contribution >= 4 is 12.1 Å². The highest BCUT2D eigenvalue weighted by Crippen LogP contribution is 2.14. The van der Waals surface area contributed by atoms with Gasteiger partial charge in [-0.25, -0.2) is 9.59 Å². The molecule has 0 aromatic carbocycles. The zero-order valence-corrected chi connectivity index (χ0v) is 12.1. The quantitative estimate of drug-likeness (QED) is 0.797. The van der Waals surface area contributed by atoms with Crippen molar-refractivity contribution in [3.8, 4) is 0 Å². The largest absolute Gasteiger partial charge is 0.480 e. The lowest BCUT2D eigenvalue weighted by molar-refractivity contribution is -0.171. The predicted molar refractivity (Wildman–Crippen MR) is 70.3 cm³/mol. The second kappa shape index (κ2) is 7.44. The third-order valence-electron chi connectivity index (χ3n) is 2.44. The van der Waals surface area contributed by atoms with E-state index in [4.69, 9.17) is 20.7 Å². The number of rotatable bonds is 5. The average molecular weight is 290 g/mol. The van der Waals surface area contributed by atoms with Crippen molar-refractivity contribution in [2.24, 2.45) is 0 Å². The number of aliphatic carboxylic acids is 1. The predicted octanol–water partition coefficient (Wildman–Crippen LogP) is 1.51. The number of ether oxygens (including phenoxy) is 3. The first-order chi connectivity index (χ1) is 9.61. The van der Waals surface area contributed by atoms with Gasteiger partial charge in [0, 0.05) is 6.61 Å². The van der Waals surface area contributed by atoms with Crippen LogP contribution in [0.25, 0.3) is 0 Å². The summed E-state index contributed by atoms with van der Waals surface area (Å²) in [7, 11) is 0. The fraction of sp³-hybridized carbons (Fsp3) is 0.846. The Labute approximate surface area is 120 Å². The lowest BCUT2D eigenvalue weighted by Gasteiger charge is -2.25. The van der Waals surface area contributed by atoms with Crippen LogP contribution >= 0.6 is 0 Å². The van der Waals surface area contributed by atoms with Gasteiger partial charge in [0.15, 0.2) is 12.3 Å². The number of carbonyl (C=O) groups excluding carboxylic acids is 1. The van der Waals surface area contributed by atoms with Crippen molar-refractivity contribution in [2.45, 2.75) is 57.9 Å². The smallest absolute Gasteiger partial charge is 0.408 e. The highest BCUT2D eigenvalue weighted by Gasteiger charge is 2.26. The first kappa shape index (κ1) is 15.1. The van der Waals surface area contributed by atoms with E-state index in [0.29, 0.717) is 13.0 Å². The molecule has 1 aliphatic rings. The van der Waals surface area contributed by atoms with Gasteiger partial charge in [0.2, 0.25) is 0 Å². The van der Waals surface area contributed by atoms with Crippen LogP contribution < -0.4 is 5.32 Å². The summed E-state index contributed by atoms with van der Waals surface area (Å²) in [5.74, 6) is -1.26. The maximum Gasteiger partial charge on any atom is 0.408 e. The summed E-state index contributed by atoms with van der Waals surface area (Å²) in [6.45, 7) is 5.06. The number of alkyl carbamates (subject to hydrolysis) is 1. The van der Waals surface area contributed by atoms with E-state index in [1.54, 1.807) is 20.8 Å². The number of nitrogens with one attached hydrogen (secondary N) is 1. The molecule has 0 spiro atoms. The third kappa shape index (κ3) is 6.72. The van der Waals surface area contributed by atoms with Gasteiger partial charge < -0.3 is 24.6 Å². The Kier molecular flexibility index (Phi) is 5.60. The molecular formula is C13H23NO6.